The van der Waals surface area contributed by atoms with E-state index < -0.39 is 0 Å². The van der Waals surface area contributed by atoms with Crippen LogP contribution >= 0.6 is 0 Å². The molecule has 0 heterocycles. The van der Waals surface area contributed by atoms with E-state index >= 15 is 0 Å². The van der Waals surface area contributed by atoms with Crippen molar-refractivity contribution in [2.75, 3.05) is 0 Å². The van der Waals surface area contributed by atoms with Gasteiger partial charge in [-0.2, -0.15) is 0 Å². The Morgan fingerprint density at radius 1 is 0.947 bits per heavy atom. The molecule has 2 heteroatoms. The fourth-order valence-corrected chi connectivity index (χ4v) is 1.55. The molecular formula is C17H25NO. The second-order valence-corrected chi connectivity index (χ2v) is 6.99. The summed E-state index contributed by atoms with van der Waals surface area (Å²) in [6.07, 6.45) is 0.419. The summed E-state index contributed by atoms with van der Waals surface area (Å²) in [6, 6.07) is 9.83. The monoisotopic (exact) mass is 259 g/mol. The first-order valence-electron chi connectivity index (χ1n) is 6.77. The lowest BCUT2D eigenvalue weighted by Crippen LogP contribution is -2.29. The van der Waals surface area contributed by atoms with Crippen LogP contribution in [0.1, 0.15) is 48.0 Å². The van der Waals surface area contributed by atoms with E-state index in [1.807, 2.05) is 51.1 Å². The summed E-state index contributed by atoms with van der Waals surface area (Å²) in [6.45, 7) is 12.2. The quantitative estimate of drug-likeness (QED) is 0.716. The van der Waals surface area contributed by atoms with E-state index in [0.717, 1.165) is 11.4 Å². The Kier molecular flexibility index (Phi) is 4.67. The van der Waals surface area contributed by atoms with E-state index in [1.165, 1.54) is 0 Å². The Morgan fingerprint density at radius 3 is 1.89 bits per heavy atom. The molecule has 1 rings (SSSR count). The van der Waals surface area contributed by atoms with Crippen LogP contribution in [0.25, 0.3) is 0 Å². The molecule has 0 aliphatic rings. The van der Waals surface area contributed by atoms with Gasteiger partial charge in [-0.15, -0.1) is 0 Å². The summed E-state index contributed by atoms with van der Waals surface area (Å²) in [5.74, 6) is 0.233. The summed E-state index contributed by atoms with van der Waals surface area (Å²) >= 11 is 0. The summed E-state index contributed by atoms with van der Waals surface area (Å²) in [7, 11) is 0. The van der Waals surface area contributed by atoms with Crippen LogP contribution in [0.15, 0.2) is 35.3 Å². The largest absolute Gasteiger partial charge is 0.299 e. The van der Waals surface area contributed by atoms with Gasteiger partial charge in [-0.1, -0.05) is 59.7 Å². The van der Waals surface area contributed by atoms with Crippen molar-refractivity contribution in [1.82, 2.24) is 0 Å². The first kappa shape index (κ1) is 15.6. The SMILES string of the molecule is CC(C)(C)C(=O)CC(=Nc1ccccc1)C(C)(C)C. The molecule has 104 valence electrons. The molecule has 0 unspecified atom stereocenters. The van der Waals surface area contributed by atoms with Gasteiger partial charge in [0.15, 0.2) is 0 Å². The predicted molar refractivity (Wildman–Crippen MR) is 82.1 cm³/mol. The molecule has 0 spiro atoms. The van der Waals surface area contributed by atoms with Crippen LogP contribution in [0.3, 0.4) is 0 Å². The molecule has 0 fully saturated rings. The molecule has 1 aromatic rings. The summed E-state index contributed by atoms with van der Waals surface area (Å²) < 4.78 is 0. The second kappa shape index (κ2) is 5.68. The van der Waals surface area contributed by atoms with Crippen molar-refractivity contribution in [2.45, 2.75) is 48.0 Å². The highest BCUT2D eigenvalue weighted by molar-refractivity contribution is 6.06. The zero-order chi connectivity index (χ0) is 14.7. The Morgan fingerprint density at radius 2 is 1.47 bits per heavy atom. The molecule has 19 heavy (non-hydrogen) atoms. The van der Waals surface area contributed by atoms with E-state index in [1.54, 1.807) is 0 Å². The molecule has 0 atom stereocenters. The van der Waals surface area contributed by atoms with Gasteiger partial charge >= 0.3 is 0 Å². The van der Waals surface area contributed by atoms with Gasteiger partial charge in [0, 0.05) is 23.0 Å². The maximum atomic E-state index is 12.2. The molecule has 0 bridgehead atoms. The van der Waals surface area contributed by atoms with Crippen molar-refractivity contribution >= 4 is 17.2 Å². The normalized spacial score (nSPS) is 13.5. The van der Waals surface area contributed by atoms with Crippen LogP contribution in [0, 0.1) is 10.8 Å². The number of ketones is 1. The first-order chi connectivity index (χ1) is 8.60. The number of carbonyl (C=O) groups is 1. The number of nitrogens with zero attached hydrogens (tertiary/aromatic N) is 1. The van der Waals surface area contributed by atoms with Crippen LogP contribution < -0.4 is 0 Å². The fraction of sp³-hybridized carbons (Fsp3) is 0.529. The molecule has 0 N–H and O–H groups in total. The number of Topliss-reactive ketones (excluding diaryl/α,β-unsaturated/α-hetero) is 1. The highest BCUT2D eigenvalue weighted by atomic mass is 16.1. The zero-order valence-corrected chi connectivity index (χ0v) is 12.9. The van der Waals surface area contributed by atoms with Gasteiger partial charge in [-0.05, 0) is 12.1 Å². The third-order valence-electron chi connectivity index (χ3n) is 3.05. The molecule has 0 aliphatic heterocycles. The minimum Gasteiger partial charge on any atom is -0.299 e. The van der Waals surface area contributed by atoms with Gasteiger partial charge in [0.05, 0.1) is 5.69 Å². The summed E-state index contributed by atoms with van der Waals surface area (Å²) in [5.41, 5.74) is 1.44. The van der Waals surface area contributed by atoms with Gasteiger partial charge in [0.1, 0.15) is 5.78 Å². The van der Waals surface area contributed by atoms with Crippen molar-refractivity contribution in [3.63, 3.8) is 0 Å². The van der Waals surface area contributed by atoms with E-state index in [-0.39, 0.29) is 16.6 Å². The molecule has 0 aliphatic carbocycles. The maximum Gasteiger partial charge on any atom is 0.143 e. The average Bonchev–Trinajstić information content (AvgIpc) is 2.27. The van der Waals surface area contributed by atoms with Gasteiger partial charge in [0.2, 0.25) is 0 Å². The van der Waals surface area contributed by atoms with Crippen LogP contribution in [0.5, 0.6) is 0 Å². The number of para-hydroxylation sites is 1. The van der Waals surface area contributed by atoms with Crippen molar-refractivity contribution in [1.29, 1.82) is 0 Å². The summed E-state index contributed by atoms with van der Waals surface area (Å²) in [4.78, 5) is 16.9. The lowest BCUT2D eigenvalue weighted by molar-refractivity contribution is -0.125. The number of aliphatic imine (C=N–C) groups is 1. The Labute approximate surface area is 117 Å². The fourth-order valence-electron chi connectivity index (χ4n) is 1.55. The van der Waals surface area contributed by atoms with Crippen molar-refractivity contribution in [3.05, 3.63) is 30.3 Å². The minimum absolute atomic E-state index is 0.100. The van der Waals surface area contributed by atoms with Gasteiger partial charge in [0.25, 0.3) is 0 Å². The third-order valence-corrected chi connectivity index (χ3v) is 3.05. The first-order valence-corrected chi connectivity index (χ1v) is 6.77. The standard InChI is InChI=1S/C17H25NO/c1-16(2,3)14(12-15(19)17(4,5)6)18-13-10-8-7-9-11-13/h7-11H,12H2,1-6H3. The lowest BCUT2D eigenvalue weighted by Gasteiger charge is -2.24. The molecule has 2 nitrogen and oxygen atoms in total. The molecular weight excluding hydrogens is 234 g/mol. The molecule has 0 amide bonds. The molecule has 0 aromatic heterocycles. The van der Waals surface area contributed by atoms with Gasteiger partial charge in [-0.3, -0.25) is 9.79 Å². The Hall–Kier alpha value is -1.44. The van der Waals surface area contributed by atoms with Crippen molar-refractivity contribution in [3.8, 4) is 0 Å². The third kappa shape index (κ3) is 4.98. The molecule has 0 radical (unpaired) electrons. The van der Waals surface area contributed by atoms with Crippen LogP contribution in [-0.4, -0.2) is 11.5 Å². The minimum atomic E-state index is -0.317. The average molecular weight is 259 g/mol. The van der Waals surface area contributed by atoms with Crippen LogP contribution in [0.4, 0.5) is 5.69 Å². The van der Waals surface area contributed by atoms with E-state index in [4.69, 9.17) is 0 Å². The van der Waals surface area contributed by atoms with Crippen LogP contribution in [-0.2, 0) is 4.79 Å². The zero-order valence-electron chi connectivity index (χ0n) is 12.9. The Bertz CT molecular complexity index is 458. The number of hydrogen-bond donors (Lipinski definition) is 0. The van der Waals surface area contributed by atoms with E-state index in [9.17, 15) is 4.79 Å². The lowest BCUT2D eigenvalue weighted by atomic mass is 9.81. The van der Waals surface area contributed by atoms with E-state index in [0.29, 0.717) is 6.42 Å². The predicted octanol–water partition coefficient (Wildman–Crippen LogP) is 4.81. The van der Waals surface area contributed by atoms with Crippen molar-refractivity contribution in [2.24, 2.45) is 15.8 Å². The Balaban J connectivity index is 3.05. The number of benzene rings is 1. The smallest absolute Gasteiger partial charge is 0.143 e. The topological polar surface area (TPSA) is 29.4 Å². The highest BCUT2D eigenvalue weighted by Gasteiger charge is 2.27. The molecule has 0 saturated heterocycles. The van der Waals surface area contributed by atoms with E-state index in [2.05, 4.69) is 25.8 Å². The maximum absolute atomic E-state index is 12.2. The van der Waals surface area contributed by atoms with Gasteiger partial charge in [-0.25, -0.2) is 0 Å². The summed E-state index contributed by atoms with van der Waals surface area (Å²) in [5, 5.41) is 0. The second-order valence-electron chi connectivity index (χ2n) is 6.99. The highest BCUT2D eigenvalue weighted by Crippen LogP contribution is 2.26. The number of carbonyl (C=O) groups excluding carboxylic acids is 1. The number of rotatable bonds is 3. The molecule has 0 saturated carbocycles. The number of hydrogen-bond acceptors (Lipinski definition) is 2. The van der Waals surface area contributed by atoms with Crippen LogP contribution in [0.2, 0.25) is 0 Å². The van der Waals surface area contributed by atoms with Crippen molar-refractivity contribution < 1.29 is 4.79 Å². The van der Waals surface area contributed by atoms with Gasteiger partial charge < -0.3 is 0 Å². The molecule has 1 aromatic carbocycles.